The van der Waals surface area contributed by atoms with Gasteiger partial charge in [0.05, 0.1) is 11.4 Å². The molecule has 1 aliphatic heterocycles. The Balaban J connectivity index is 1.67. The summed E-state index contributed by atoms with van der Waals surface area (Å²) in [7, 11) is 1.77. The van der Waals surface area contributed by atoms with Gasteiger partial charge < -0.3 is 5.32 Å². The molecule has 0 unspecified atom stereocenters. The van der Waals surface area contributed by atoms with Crippen LogP contribution in [-0.4, -0.2) is 32.0 Å². The van der Waals surface area contributed by atoms with Crippen LogP contribution in [-0.2, 0) is 29.5 Å². The quantitative estimate of drug-likeness (QED) is 0.682. The highest BCUT2D eigenvalue weighted by Crippen LogP contribution is 2.41. The molecule has 0 saturated heterocycles. The topological polar surface area (TPSA) is 93.0 Å². The van der Waals surface area contributed by atoms with Gasteiger partial charge in [-0.25, -0.2) is 4.68 Å². The molecule has 0 atom stereocenters. The maximum atomic E-state index is 13.0. The lowest BCUT2D eigenvalue weighted by molar-refractivity contribution is -0.124. The Bertz CT molecular complexity index is 1140. The van der Waals surface area contributed by atoms with Crippen LogP contribution in [0.4, 0.5) is 17.1 Å². The van der Waals surface area contributed by atoms with Gasteiger partial charge in [-0.15, -0.1) is 5.10 Å². The number of aromatic nitrogens is 4. The number of fused-ring (bicyclic) bond motifs is 3. The Kier molecular flexibility index (Phi) is 4.12. The van der Waals surface area contributed by atoms with Gasteiger partial charge in [-0.05, 0) is 65.4 Å². The maximum Gasteiger partial charge on any atom is 0.241 e. The Morgan fingerprint density at radius 1 is 1.07 bits per heavy atom. The number of benzene rings is 2. The first-order chi connectivity index (χ1) is 14.1. The summed E-state index contributed by atoms with van der Waals surface area (Å²) < 4.78 is 1.58. The van der Waals surface area contributed by atoms with E-state index in [9.17, 15) is 9.59 Å². The summed E-state index contributed by atoms with van der Waals surface area (Å²) in [5, 5.41) is 14.6. The first kappa shape index (κ1) is 17.5. The number of nitrogens with zero attached hydrogens (tertiary/aromatic N) is 5. The molecule has 8 nitrogen and oxygen atoms in total. The minimum atomic E-state index is -0.272. The SMILES string of the molecule is Cn1nnnc1-c1cccc(N2C(=O)CC(=O)Nc3c2ccc2c3CCCC2)c1. The molecule has 0 bridgehead atoms. The zero-order valence-electron chi connectivity index (χ0n) is 16.1. The van der Waals surface area contributed by atoms with E-state index < -0.39 is 0 Å². The number of hydrogen-bond donors (Lipinski definition) is 1. The van der Waals surface area contributed by atoms with Crippen molar-refractivity contribution in [1.82, 2.24) is 20.2 Å². The molecule has 146 valence electrons. The van der Waals surface area contributed by atoms with E-state index in [-0.39, 0.29) is 18.2 Å². The second-order valence-electron chi connectivity index (χ2n) is 7.44. The largest absolute Gasteiger partial charge is 0.324 e. The number of anilines is 3. The van der Waals surface area contributed by atoms with Gasteiger partial charge >= 0.3 is 0 Å². The molecule has 0 spiro atoms. The average Bonchev–Trinajstić information content (AvgIpc) is 3.10. The molecule has 2 aliphatic rings. The van der Waals surface area contributed by atoms with Gasteiger partial charge in [0, 0.05) is 18.3 Å². The number of aryl methyl sites for hydroxylation is 2. The molecule has 0 saturated carbocycles. The Morgan fingerprint density at radius 3 is 2.76 bits per heavy atom. The number of nitrogens with one attached hydrogen (secondary N) is 1. The van der Waals surface area contributed by atoms with Crippen LogP contribution >= 0.6 is 0 Å². The van der Waals surface area contributed by atoms with Crippen molar-refractivity contribution in [1.29, 1.82) is 0 Å². The van der Waals surface area contributed by atoms with Gasteiger partial charge in [-0.3, -0.25) is 14.5 Å². The third kappa shape index (κ3) is 2.97. The third-order valence-corrected chi connectivity index (χ3v) is 5.56. The van der Waals surface area contributed by atoms with E-state index in [0.717, 1.165) is 48.2 Å². The van der Waals surface area contributed by atoms with Gasteiger partial charge in [0.2, 0.25) is 11.8 Å². The second-order valence-corrected chi connectivity index (χ2v) is 7.44. The Labute approximate surface area is 167 Å². The number of carbonyl (C=O) groups excluding carboxylic acids is 2. The van der Waals surface area contributed by atoms with Crippen molar-refractivity contribution in [3.05, 3.63) is 47.5 Å². The highest BCUT2D eigenvalue weighted by atomic mass is 16.2. The van der Waals surface area contributed by atoms with E-state index in [1.165, 1.54) is 5.56 Å². The first-order valence-electron chi connectivity index (χ1n) is 9.72. The molecule has 3 aromatic rings. The molecule has 8 heteroatoms. The van der Waals surface area contributed by atoms with Crippen LogP contribution in [0.5, 0.6) is 0 Å². The van der Waals surface area contributed by atoms with Crippen LogP contribution < -0.4 is 10.2 Å². The second kappa shape index (κ2) is 6.80. The van der Waals surface area contributed by atoms with E-state index >= 15 is 0 Å². The fourth-order valence-electron chi connectivity index (χ4n) is 4.22. The number of carbonyl (C=O) groups is 2. The molecule has 1 aliphatic carbocycles. The number of hydrogen-bond acceptors (Lipinski definition) is 5. The van der Waals surface area contributed by atoms with Crippen molar-refractivity contribution in [2.45, 2.75) is 32.1 Å². The maximum absolute atomic E-state index is 13.0. The van der Waals surface area contributed by atoms with Crippen LogP contribution in [0.25, 0.3) is 11.4 Å². The van der Waals surface area contributed by atoms with Gasteiger partial charge in [0.25, 0.3) is 0 Å². The molecule has 29 heavy (non-hydrogen) atoms. The fourth-order valence-corrected chi connectivity index (χ4v) is 4.22. The summed E-state index contributed by atoms with van der Waals surface area (Å²) in [6.07, 6.45) is 3.95. The number of amides is 2. The van der Waals surface area contributed by atoms with E-state index in [0.29, 0.717) is 11.5 Å². The lowest BCUT2D eigenvalue weighted by atomic mass is 9.89. The van der Waals surface area contributed by atoms with Crippen molar-refractivity contribution in [2.75, 3.05) is 10.2 Å². The molecule has 0 fully saturated rings. The highest BCUT2D eigenvalue weighted by Gasteiger charge is 2.30. The third-order valence-electron chi connectivity index (χ3n) is 5.56. The molecule has 2 amide bonds. The van der Waals surface area contributed by atoms with E-state index in [4.69, 9.17) is 0 Å². The van der Waals surface area contributed by atoms with Gasteiger partial charge in [-0.1, -0.05) is 18.2 Å². The summed E-state index contributed by atoms with van der Waals surface area (Å²) in [6, 6.07) is 11.5. The van der Waals surface area contributed by atoms with Crippen LogP contribution in [0.1, 0.15) is 30.4 Å². The molecule has 2 aromatic carbocycles. The predicted molar refractivity (Wildman–Crippen MR) is 108 cm³/mol. The molecular weight excluding hydrogens is 368 g/mol. The van der Waals surface area contributed by atoms with Crippen LogP contribution in [0.2, 0.25) is 0 Å². The van der Waals surface area contributed by atoms with E-state index in [1.807, 2.05) is 30.3 Å². The highest BCUT2D eigenvalue weighted by molar-refractivity contribution is 6.17. The summed E-state index contributed by atoms with van der Waals surface area (Å²) in [5.41, 5.74) is 5.37. The lowest BCUT2D eigenvalue weighted by Crippen LogP contribution is -2.26. The summed E-state index contributed by atoms with van der Waals surface area (Å²) in [6.45, 7) is 0. The molecule has 1 N–H and O–H groups in total. The zero-order valence-corrected chi connectivity index (χ0v) is 16.1. The Morgan fingerprint density at radius 2 is 1.93 bits per heavy atom. The summed E-state index contributed by atoms with van der Waals surface area (Å²) >= 11 is 0. The summed E-state index contributed by atoms with van der Waals surface area (Å²) in [5.74, 6) is 0.0746. The molecule has 1 aromatic heterocycles. The minimum Gasteiger partial charge on any atom is -0.324 e. The smallest absolute Gasteiger partial charge is 0.241 e. The number of rotatable bonds is 2. The van der Waals surface area contributed by atoms with E-state index in [2.05, 4.69) is 26.9 Å². The number of tetrazole rings is 1. The molecule has 2 heterocycles. The van der Waals surface area contributed by atoms with Crippen molar-refractivity contribution in [2.24, 2.45) is 7.05 Å². The Hall–Kier alpha value is -3.55. The zero-order chi connectivity index (χ0) is 20.0. The normalized spacial score (nSPS) is 16.1. The van der Waals surface area contributed by atoms with Crippen LogP contribution in [0.3, 0.4) is 0 Å². The fraction of sp³-hybridized carbons (Fsp3) is 0.286. The average molecular weight is 388 g/mol. The molecule has 5 rings (SSSR count). The van der Waals surface area contributed by atoms with E-state index in [1.54, 1.807) is 16.6 Å². The van der Waals surface area contributed by atoms with Crippen molar-refractivity contribution < 1.29 is 9.59 Å². The minimum absolute atomic E-state index is 0.195. The standard InChI is InChI=1S/C21H20N6O2/c1-26-21(23-24-25-26)14-6-4-7-15(11-14)27-17-10-9-13-5-2-3-8-16(13)20(17)22-18(28)12-19(27)29/h4,6-7,9-11H,2-3,5,8,12H2,1H3,(H,22,28). The van der Waals surface area contributed by atoms with Gasteiger partial charge in [-0.2, -0.15) is 0 Å². The van der Waals surface area contributed by atoms with Crippen molar-refractivity contribution in [3.63, 3.8) is 0 Å². The molecular formula is C21H20N6O2. The first-order valence-corrected chi connectivity index (χ1v) is 9.72. The lowest BCUT2D eigenvalue weighted by Gasteiger charge is -2.27. The van der Waals surface area contributed by atoms with Gasteiger partial charge in [0.15, 0.2) is 5.82 Å². The van der Waals surface area contributed by atoms with Gasteiger partial charge in [0.1, 0.15) is 6.42 Å². The summed E-state index contributed by atoms with van der Waals surface area (Å²) in [4.78, 5) is 27.1. The van der Waals surface area contributed by atoms with Crippen molar-refractivity contribution in [3.8, 4) is 11.4 Å². The van der Waals surface area contributed by atoms with Crippen LogP contribution in [0.15, 0.2) is 36.4 Å². The molecule has 0 radical (unpaired) electrons. The predicted octanol–water partition coefficient (Wildman–Crippen LogP) is 2.76. The van der Waals surface area contributed by atoms with Crippen molar-refractivity contribution >= 4 is 28.9 Å². The monoisotopic (exact) mass is 388 g/mol. The van der Waals surface area contributed by atoms with Crippen LogP contribution in [0, 0.1) is 0 Å².